The zero-order valence-electron chi connectivity index (χ0n) is 10.7. The average Bonchev–Trinajstić information content (AvgIpc) is 2.56. The molecular formula is C14H19F2N. The molecule has 1 aromatic rings. The van der Waals surface area contributed by atoms with Crippen molar-refractivity contribution in [2.45, 2.75) is 33.7 Å². The largest absolute Gasteiger partial charge is 0.324 e. The fourth-order valence-corrected chi connectivity index (χ4v) is 3.10. The lowest BCUT2D eigenvalue weighted by molar-refractivity contribution is 0.457. The van der Waals surface area contributed by atoms with Crippen LogP contribution in [0.4, 0.5) is 8.78 Å². The van der Waals surface area contributed by atoms with Gasteiger partial charge in [-0.2, -0.15) is 0 Å². The van der Waals surface area contributed by atoms with Crippen molar-refractivity contribution in [2.24, 2.45) is 22.5 Å². The molecule has 1 aliphatic rings. The lowest BCUT2D eigenvalue weighted by atomic mass is 9.97. The molecule has 0 radical (unpaired) electrons. The van der Waals surface area contributed by atoms with Crippen molar-refractivity contribution in [2.75, 3.05) is 0 Å². The fraction of sp³-hybridized carbons (Fsp3) is 0.571. The Labute approximate surface area is 101 Å². The SMILES string of the molecule is CC1(C)C(C(N)c2ccc(F)cc2F)C1(C)C. The molecule has 1 aliphatic carbocycles. The van der Waals surface area contributed by atoms with Crippen molar-refractivity contribution in [3.63, 3.8) is 0 Å². The number of nitrogens with two attached hydrogens (primary N) is 1. The normalized spacial score (nSPS) is 23.5. The second kappa shape index (κ2) is 3.52. The molecule has 17 heavy (non-hydrogen) atoms. The summed E-state index contributed by atoms with van der Waals surface area (Å²) in [6.45, 7) is 8.55. The van der Waals surface area contributed by atoms with E-state index in [-0.39, 0.29) is 22.8 Å². The maximum Gasteiger partial charge on any atom is 0.130 e. The van der Waals surface area contributed by atoms with Crippen LogP contribution in [-0.4, -0.2) is 0 Å². The Kier molecular flexibility index (Phi) is 2.58. The van der Waals surface area contributed by atoms with Gasteiger partial charge in [0.2, 0.25) is 0 Å². The lowest BCUT2D eigenvalue weighted by Gasteiger charge is -2.15. The standard InChI is InChI=1S/C14H19F2N/c1-13(2)12(14(13,3)4)11(17)9-6-5-8(15)7-10(9)16/h5-7,11-12H,17H2,1-4H3. The summed E-state index contributed by atoms with van der Waals surface area (Å²) in [5.74, 6) is -0.890. The van der Waals surface area contributed by atoms with Gasteiger partial charge >= 0.3 is 0 Å². The molecule has 0 bridgehead atoms. The van der Waals surface area contributed by atoms with E-state index in [1.165, 1.54) is 12.1 Å². The molecule has 2 rings (SSSR count). The Morgan fingerprint density at radius 3 is 2.06 bits per heavy atom. The molecular weight excluding hydrogens is 220 g/mol. The van der Waals surface area contributed by atoms with Gasteiger partial charge in [0, 0.05) is 17.7 Å². The van der Waals surface area contributed by atoms with Crippen molar-refractivity contribution in [3.8, 4) is 0 Å². The van der Waals surface area contributed by atoms with Crippen molar-refractivity contribution >= 4 is 0 Å². The Morgan fingerprint density at radius 2 is 1.65 bits per heavy atom. The highest BCUT2D eigenvalue weighted by Crippen LogP contribution is 2.71. The smallest absolute Gasteiger partial charge is 0.130 e. The Morgan fingerprint density at radius 1 is 1.12 bits per heavy atom. The van der Waals surface area contributed by atoms with Crippen LogP contribution in [0.2, 0.25) is 0 Å². The minimum atomic E-state index is -0.562. The van der Waals surface area contributed by atoms with E-state index in [1.54, 1.807) is 0 Å². The quantitative estimate of drug-likeness (QED) is 0.837. The van der Waals surface area contributed by atoms with Gasteiger partial charge in [0.25, 0.3) is 0 Å². The molecule has 1 aromatic carbocycles. The van der Waals surface area contributed by atoms with E-state index in [0.717, 1.165) is 6.07 Å². The van der Waals surface area contributed by atoms with Crippen LogP contribution in [0.15, 0.2) is 18.2 Å². The summed E-state index contributed by atoms with van der Waals surface area (Å²) in [5, 5.41) is 0. The number of hydrogen-bond donors (Lipinski definition) is 1. The van der Waals surface area contributed by atoms with Crippen LogP contribution < -0.4 is 5.73 Å². The van der Waals surface area contributed by atoms with Gasteiger partial charge in [-0.25, -0.2) is 8.78 Å². The molecule has 1 unspecified atom stereocenters. The van der Waals surface area contributed by atoms with E-state index in [4.69, 9.17) is 5.73 Å². The molecule has 3 heteroatoms. The third kappa shape index (κ3) is 1.68. The van der Waals surface area contributed by atoms with E-state index in [1.807, 2.05) is 0 Å². The summed E-state index contributed by atoms with van der Waals surface area (Å²) >= 11 is 0. The van der Waals surface area contributed by atoms with Gasteiger partial charge in [0.15, 0.2) is 0 Å². The van der Waals surface area contributed by atoms with E-state index in [0.29, 0.717) is 5.56 Å². The first-order valence-corrected chi connectivity index (χ1v) is 5.90. The van der Waals surface area contributed by atoms with E-state index >= 15 is 0 Å². The lowest BCUT2D eigenvalue weighted by Crippen LogP contribution is -2.18. The van der Waals surface area contributed by atoms with E-state index in [2.05, 4.69) is 27.7 Å². The van der Waals surface area contributed by atoms with E-state index in [9.17, 15) is 8.78 Å². The van der Waals surface area contributed by atoms with Crippen LogP contribution in [0.5, 0.6) is 0 Å². The maximum atomic E-state index is 13.7. The number of hydrogen-bond acceptors (Lipinski definition) is 1. The highest BCUT2D eigenvalue weighted by molar-refractivity contribution is 5.28. The van der Waals surface area contributed by atoms with Gasteiger partial charge in [-0.15, -0.1) is 0 Å². The minimum Gasteiger partial charge on any atom is -0.324 e. The third-order valence-corrected chi connectivity index (χ3v) is 4.81. The van der Waals surface area contributed by atoms with Crippen LogP contribution in [0.25, 0.3) is 0 Å². The molecule has 1 saturated carbocycles. The molecule has 0 aromatic heterocycles. The fourth-order valence-electron chi connectivity index (χ4n) is 3.10. The summed E-state index contributed by atoms with van der Waals surface area (Å²) in [4.78, 5) is 0. The summed E-state index contributed by atoms with van der Waals surface area (Å²) < 4.78 is 26.5. The summed E-state index contributed by atoms with van der Waals surface area (Å²) in [7, 11) is 0. The number of rotatable bonds is 2. The molecule has 0 heterocycles. The van der Waals surface area contributed by atoms with Crippen molar-refractivity contribution in [3.05, 3.63) is 35.4 Å². The van der Waals surface area contributed by atoms with Crippen molar-refractivity contribution in [1.82, 2.24) is 0 Å². The molecule has 0 amide bonds. The van der Waals surface area contributed by atoms with Gasteiger partial charge in [-0.1, -0.05) is 33.8 Å². The number of benzene rings is 1. The highest BCUT2D eigenvalue weighted by atomic mass is 19.1. The molecule has 2 N–H and O–H groups in total. The zero-order valence-corrected chi connectivity index (χ0v) is 10.7. The molecule has 1 nitrogen and oxygen atoms in total. The zero-order chi connectivity index (χ0) is 13.0. The summed E-state index contributed by atoms with van der Waals surface area (Å²) in [6.07, 6.45) is 0. The number of halogens is 2. The molecule has 0 aliphatic heterocycles. The van der Waals surface area contributed by atoms with Crippen LogP contribution in [0.3, 0.4) is 0 Å². The molecule has 0 saturated heterocycles. The molecule has 1 fully saturated rings. The van der Waals surface area contributed by atoms with Gasteiger partial charge in [0.05, 0.1) is 0 Å². The van der Waals surface area contributed by atoms with Crippen molar-refractivity contribution < 1.29 is 8.78 Å². The van der Waals surface area contributed by atoms with Crippen LogP contribution in [0, 0.1) is 28.4 Å². The first-order valence-electron chi connectivity index (χ1n) is 5.90. The minimum absolute atomic E-state index is 0.0905. The maximum absolute atomic E-state index is 13.7. The molecule has 1 atom stereocenters. The monoisotopic (exact) mass is 239 g/mol. The second-order valence-electron chi connectivity index (χ2n) is 6.11. The first-order chi connectivity index (χ1) is 7.69. The Bertz CT molecular complexity index is 438. The van der Waals surface area contributed by atoms with Gasteiger partial charge in [-0.3, -0.25) is 0 Å². The predicted octanol–water partition coefficient (Wildman–Crippen LogP) is 3.65. The van der Waals surface area contributed by atoms with E-state index < -0.39 is 11.6 Å². The molecule has 0 spiro atoms. The van der Waals surface area contributed by atoms with Crippen LogP contribution in [0.1, 0.15) is 39.3 Å². The Balaban J connectivity index is 2.31. The van der Waals surface area contributed by atoms with Crippen LogP contribution in [-0.2, 0) is 0 Å². The second-order valence-corrected chi connectivity index (χ2v) is 6.11. The van der Waals surface area contributed by atoms with Crippen LogP contribution >= 0.6 is 0 Å². The summed E-state index contributed by atoms with van der Waals surface area (Å²) in [6, 6.07) is 3.25. The van der Waals surface area contributed by atoms with Gasteiger partial charge in [0.1, 0.15) is 11.6 Å². The highest BCUT2D eigenvalue weighted by Gasteiger charge is 2.66. The molecule has 94 valence electrons. The van der Waals surface area contributed by atoms with Crippen molar-refractivity contribution in [1.29, 1.82) is 0 Å². The summed E-state index contributed by atoms with van der Waals surface area (Å²) in [5.41, 5.74) is 6.73. The predicted molar refractivity (Wildman–Crippen MR) is 64.3 cm³/mol. The first kappa shape index (κ1) is 12.5. The average molecular weight is 239 g/mol. The van der Waals surface area contributed by atoms with Gasteiger partial charge < -0.3 is 5.73 Å². The Hall–Kier alpha value is -0.960. The van der Waals surface area contributed by atoms with Gasteiger partial charge in [-0.05, 0) is 22.8 Å². The topological polar surface area (TPSA) is 26.0 Å². The third-order valence-electron chi connectivity index (χ3n) is 4.81.